The van der Waals surface area contributed by atoms with Crippen LogP contribution in [0.15, 0.2) is 33.7 Å². The number of aliphatic imine (C=N–C) groups is 2. The monoisotopic (exact) mass is 443 g/mol. The summed E-state index contributed by atoms with van der Waals surface area (Å²) in [6.07, 6.45) is 5.20. The zero-order chi connectivity index (χ0) is 21.2. The molecule has 1 aromatic carbocycles. The van der Waals surface area contributed by atoms with Gasteiger partial charge < -0.3 is 24.4 Å². The second-order valence-electron chi connectivity index (χ2n) is 8.14. The molecule has 0 radical (unpaired) electrons. The van der Waals surface area contributed by atoms with Gasteiger partial charge in [-0.05, 0) is 43.5 Å². The Balaban J connectivity index is 1.37. The average molecular weight is 444 g/mol. The van der Waals surface area contributed by atoms with E-state index in [1.807, 2.05) is 18.3 Å². The minimum Gasteiger partial charge on any atom is -0.491 e. The number of amidine groups is 1. The number of ether oxygens (including phenoxy) is 2. The molecule has 4 aliphatic rings. The smallest absolute Gasteiger partial charge is 0.212 e. The van der Waals surface area contributed by atoms with Crippen LogP contribution >= 0.6 is 11.8 Å². The molecule has 0 unspecified atom stereocenters. The van der Waals surface area contributed by atoms with Crippen LogP contribution in [0.4, 0.5) is 5.69 Å². The molecular weight excluding hydrogens is 414 g/mol. The molecule has 0 aliphatic carbocycles. The predicted molar refractivity (Wildman–Crippen MR) is 123 cm³/mol. The summed E-state index contributed by atoms with van der Waals surface area (Å²) in [5, 5.41) is 12.6. The van der Waals surface area contributed by atoms with Gasteiger partial charge in [-0.1, -0.05) is 6.42 Å². The predicted octanol–water partition coefficient (Wildman–Crippen LogP) is 2.46. The Labute approximate surface area is 187 Å². The van der Waals surface area contributed by atoms with Crippen molar-refractivity contribution in [3.05, 3.63) is 29.3 Å². The molecule has 0 spiro atoms. The number of aliphatic hydroxyl groups excluding tert-OH is 1. The molecular formula is C22H29N5O3S. The Morgan fingerprint density at radius 1 is 1.19 bits per heavy atom. The van der Waals surface area contributed by atoms with Crippen molar-refractivity contribution in [2.24, 2.45) is 9.98 Å². The lowest BCUT2D eigenvalue weighted by molar-refractivity contribution is 0.0608. The van der Waals surface area contributed by atoms with E-state index in [-0.39, 0.29) is 6.61 Å². The molecule has 4 heterocycles. The molecule has 0 aromatic heterocycles. The standard InChI is InChI=1S/C22H29N5O3S/c1-29-20-18(30-14-16(28)13-25-8-3-2-4-9-25)6-5-17-19(20)24-22(26-11-12-31-15-26)27-10-7-23-21(17)27/h5-6,11-12,16,28H,2-4,7-10,13-15H2,1H3/t16-/m1/s1. The highest BCUT2D eigenvalue weighted by molar-refractivity contribution is 8.02. The van der Waals surface area contributed by atoms with Crippen molar-refractivity contribution in [2.75, 3.05) is 52.3 Å². The van der Waals surface area contributed by atoms with Gasteiger partial charge in [0, 0.05) is 24.9 Å². The number of piperidine rings is 1. The van der Waals surface area contributed by atoms with Gasteiger partial charge in [-0.3, -0.25) is 9.89 Å². The van der Waals surface area contributed by atoms with Crippen LogP contribution in [-0.2, 0) is 0 Å². The van der Waals surface area contributed by atoms with E-state index in [1.54, 1.807) is 18.9 Å². The number of thioether (sulfide) groups is 1. The first-order valence-corrected chi connectivity index (χ1v) is 12.0. The molecule has 1 N–H and O–H groups in total. The Hall–Kier alpha value is -2.23. The third-order valence-electron chi connectivity index (χ3n) is 5.99. The van der Waals surface area contributed by atoms with Crippen molar-refractivity contribution in [1.29, 1.82) is 0 Å². The van der Waals surface area contributed by atoms with Crippen LogP contribution in [0.2, 0.25) is 0 Å². The van der Waals surface area contributed by atoms with Crippen molar-refractivity contribution in [2.45, 2.75) is 25.4 Å². The number of hydrogen-bond donors (Lipinski definition) is 1. The highest BCUT2D eigenvalue weighted by Gasteiger charge is 2.35. The molecule has 1 aromatic rings. The van der Waals surface area contributed by atoms with Crippen LogP contribution in [-0.4, -0.2) is 90.0 Å². The number of benzene rings is 1. The summed E-state index contributed by atoms with van der Waals surface area (Å²) in [5.74, 6) is 3.82. The first-order chi connectivity index (χ1) is 15.2. The largest absolute Gasteiger partial charge is 0.491 e. The number of aliphatic hydroxyl groups is 1. The number of rotatable bonds is 6. The van der Waals surface area contributed by atoms with E-state index in [2.05, 4.69) is 20.1 Å². The summed E-state index contributed by atoms with van der Waals surface area (Å²) < 4.78 is 11.8. The summed E-state index contributed by atoms with van der Waals surface area (Å²) >= 11 is 1.74. The van der Waals surface area contributed by atoms with E-state index < -0.39 is 6.10 Å². The molecule has 166 valence electrons. The lowest BCUT2D eigenvalue weighted by Gasteiger charge is -2.32. The van der Waals surface area contributed by atoms with Crippen LogP contribution < -0.4 is 9.47 Å². The highest BCUT2D eigenvalue weighted by atomic mass is 32.2. The maximum absolute atomic E-state index is 10.5. The zero-order valence-corrected chi connectivity index (χ0v) is 18.7. The van der Waals surface area contributed by atoms with Gasteiger partial charge in [-0.15, -0.1) is 11.8 Å². The van der Waals surface area contributed by atoms with E-state index >= 15 is 0 Å². The second kappa shape index (κ2) is 9.10. The third-order valence-corrected chi connectivity index (χ3v) is 6.73. The van der Waals surface area contributed by atoms with Crippen LogP contribution in [0.25, 0.3) is 0 Å². The van der Waals surface area contributed by atoms with E-state index in [1.165, 1.54) is 19.3 Å². The van der Waals surface area contributed by atoms with Gasteiger partial charge in [-0.25, -0.2) is 4.99 Å². The molecule has 0 bridgehead atoms. The molecule has 0 saturated carbocycles. The fourth-order valence-corrected chi connectivity index (χ4v) is 5.17. The van der Waals surface area contributed by atoms with Gasteiger partial charge in [0.25, 0.3) is 0 Å². The van der Waals surface area contributed by atoms with E-state index in [0.717, 1.165) is 55.1 Å². The van der Waals surface area contributed by atoms with Crippen LogP contribution in [0.5, 0.6) is 11.5 Å². The summed E-state index contributed by atoms with van der Waals surface area (Å²) in [4.78, 5) is 16.3. The van der Waals surface area contributed by atoms with Crippen molar-refractivity contribution >= 4 is 29.2 Å². The molecule has 9 heteroatoms. The first kappa shape index (κ1) is 20.7. The van der Waals surface area contributed by atoms with Gasteiger partial charge in [0.1, 0.15) is 24.2 Å². The number of hydrogen-bond acceptors (Lipinski definition) is 9. The van der Waals surface area contributed by atoms with E-state index in [4.69, 9.17) is 19.5 Å². The topological polar surface area (TPSA) is 73.1 Å². The van der Waals surface area contributed by atoms with Crippen LogP contribution in [0.3, 0.4) is 0 Å². The minimum atomic E-state index is -0.542. The molecule has 31 heavy (non-hydrogen) atoms. The van der Waals surface area contributed by atoms with Crippen LogP contribution in [0, 0.1) is 0 Å². The summed E-state index contributed by atoms with van der Waals surface area (Å²) in [5.41, 5.74) is 1.69. The third kappa shape index (κ3) is 4.14. The maximum Gasteiger partial charge on any atom is 0.212 e. The summed E-state index contributed by atoms with van der Waals surface area (Å²) in [6, 6.07) is 3.90. The van der Waals surface area contributed by atoms with Crippen molar-refractivity contribution in [3.8, 4) is 11.5 Å². The number of nitrogens with zero attached hydrogens (tertiary/aromatic N) is 5. The van der Waals surface area contributed by atoms with E-state index in [9.17, 15) is 5.11 Å². The van der Waals surface area contributed by atoms with Gasteiger partial charge in [0.15, 0.2) is 11.5 Å². The highest BCUT2D eigenvalue weighted by Crippen LogP contribution is 2.44. The molecule has 0 amide bonds. The Kier molecular flexibility index (Phi) is 6.06. The number of fused-ring (bicyclic) bond motifs is 3. The van der Waals surface area contributed by atoms with Gasteiger partial charge in [-0.2, -0.15) is 0 Å². The lowest BCUT2D eigenvalue weighted by Crippen LogP contribution is -2.45. The lowest BCUT2D eigenvalue weighted by atomic mass is 10.1. The summed E-state index contributed by atoms with van der Waals surface area (Å²) in [6.45, 7) is 4.55. The fourth-order valence-electron chi connectivity index (χ4n) is 4.49. The van der Waals surface area contributed by atoms with Gasteiger partial charge >= 0.3 is 0 Å². The molecule has 8 nitrogen and oxygen atoms in total. The second-order valence-corrected chi connectivity index (χ2v) is 9.00. The number of likely N-dealkylation sites (tertiary alicyclic amines) is 1. The SMILES string of the molecule is COc1c(OC[C@H](O)CN2CCCCC2)ccc2c1N=C(N1C=CSC1)N1CCN=C21. The van der Waals surface area contributed by atoms with E-state index in [0.29, 0.717) is 18.0 Å². The maximum atomic E-state index is 10.5. The van der Waals surface area contributed by atoms with Crippen molar-refractivity contribution < 1.29 is 14.6 Å². The number of β-amino-alcohol motifs (C(OH)–C–C–N with tert-alkyl or cyclic N) is 1. The Bertz CT molecular complexity index is 913. The zero-order valence-electron chi connectivity index (χ0n) is 17.9. The number of guanidine groups is 1. The summed E-state index contributed by atoms with van der Waals surface area (Å²) in [7, 11) is 1.64. The van der Waals surface area contributed by atoms with Gasteiger partial charge in [0.2, 0.25) is 5.96 Å². The fraction of sp³-hybridized carbons (Fsp3) is 0.545. The quantitative estimate of drug-likeness (QED) is 0.724. The van der Waals surface area contributed by atoms with Gasteiger partial charge in [0.05, 0.1) is 19.5 Å². The first-order valence-electron chi connectivity index (χ1n) is 10.9. The number of methoxy groups -OCH3 is 1. The van der Waals surface area contributed by atoms with Crippen molar-refractivity contribution in [3.63, 3.8) is 0 Å². The molecule has 1 atom stereocenters. The Morgan fingerprint density at radius 3 is 2.84 bits per heavy atom. The minimum absolute atomic E-state index is 0.223. The molecule has 1 saturated heterocycles. The molecule has 5 rings (SSSR count). The van der Waals surface area contributed by atoms with Crippen molar-refractivity contribution in [1.82, 2.24) is 14.7 Å². The van der Waals surface area contributed by atoms with Crippen LogP contribution in [0.1, 0.15) is 24.8 Å². The molecule has 1 fully saturated rings. The normalized spacial score (nSPS) is 21.5. The average Bonchev–Trinajstić information content (AvgIpc) is 3.50. The molecule has 4 aliphatic heterocycles. The Morgan fingerprint density at radius 2 is 2.06 bits per heavy atom.